The average Bonchev–Trinajstić information content (AvgIpc) is 3.15. The molecule has 1 atom stereocenters. The monoisotopic (exact) mass is 316 g/mol. The Bertz CT molecular complexity index is 726. The molecule has 0 radical (unpaired) electrons. The van der Waals surface area contributed by atoms with Gasteiger partial charge in [0.05, 0.1) is 10.7 Å². The molecular weight excluding hydrogens is 300 g/mol. The van der Waals surface area contributed by atoms with Gasteiger partial charge >= 0.3 is 5.97 Å². The fourth-order valence-corrected chi connectivity index (χ4v) is 3.36. The lowest BCUT2D eigenvalue weighted by atomic mass is 10.1. The number of carboxylic acid groups (broad SMARTS) is 1. The summed E-state index contributed by atoms with van der Waals surface area (Å²) in [5, 5.41) is 12.1. The lowest BCUT2D eigenvalue weighted by Gasteiger charge is -2.21. The molecule has 1 saturated heterocycles. The van der Waals surface area contributed by atoms with Gasteiger partial charge in [-0.3, -0.25) is 4.79 Å². The van der Waals surface area contributed by atoms with Crippen molar-refractivity contribution in [3.8, 4) is 11.3 Å². The maximum Gasteiger partial charge on any atom is 0.326 e. The van der Waals surface area contributed by atoms with Crippen LogP contribution in [0.4, 0.5) is 0 Å². The first-order chi connectivity index (χ1) is 10.6. The van der Waals surface area contributed by atoms with E-state index in [4.69, 9.17) is 0 Å². The second-order valence-corrected chi connectivity index (χ2v) is 6.39. The molecule has 1 aliphatic heterocycles. The SMILES string of the molecule is Cc1nc(-c2cccc(C(=O)N3CCCC3C(=O)O)c2)cs1. The van der Waals surface area contributed by atoms with Gasteiger partial charge in [0.1, 0.15) is 6.04 Å². The molecule has 0 spiro atoms. The van der Waals surface area contributed by atoms with Crippen LogP contribution in [0.5, 0.6) is 0 Å². The number of benzene rings is 1. The molecule has 1 aliphatic rings. The van der Waals surface area contributed by atoms with E-state index in [1.807, 2.05) is 24.4 Å². The van der Waals surface area contributed by atoms with E-state index in [2.05, 4.69) is 4.98 Å². The highest BCUT2D eigenvalue weighted by Crippen LogP contribution is 2.25. The Morgan fingerprint density at radius 3 is 2.91 bits per heavy atom. The summed E-state index contributed by atoms with van der Waals surface area (Å²) in [4.78, 5) is 29.7. The maximum absolute atomic E-state index is 12.6. The van der Waals surface area contributed by atoms with Crippen LogP contribution in [0, 0.1) is 6.92 Å². The van der Waals surface area contributed by atoms with Crippen molar-refractivity contribution in [3.63, 3.8) is 0 Å². The molecule has 22 heavy (non-hydrogen) atoms. The zero-order valence-corrected chi connectivity index (χ0v) is 13.0. The minimum atomic E-state index is -0.933. The lowest BCUT2D eigenvalue weighted by Crippen LogP contribution is -2.40. The third-order valence-electron chi connectivity index (χ3n) is 3.82. The normalized spacial score (nSPS) is 17.7. The van der Waals surface area contributed by atoms with Crippen molar-refractivity contribution in [2.75, 3.05) is 6.54 Å². The number of aryl methyl sites for hydroxylation is 1. The van der Waals surface area contributed by atoms with Gasteiger partial charge in [-0.05, 0) is 31.9 Å². The highest BCUT2D eigenvalue weighted by atomic mass is 32.1. The van der Waals surface area contributed by atoms with Crippen molar-refractivity contribution < 1.29 is 14.7 Å². The fourth-order valence-electron chi connectivity index (χ4n) is 2.74. The number of carbonyl (C=O) groups excluding carboxylic acids is 1. The van der Waals surface area contributed by atoms with Crippen LogP contribution in [0.15, 0.2) is 29.6 Å². The summed E-state index contributed by atoms with van der Waals surface area (Å²) in [6.07, 6.45) is 1.25. The molecule has 1 N–H and O–H groups in total. The molecule has 1 amide bonds. The van der Waals surface area contributed by atoms with Gasteiger partial charge in [-0.2, -0.15) is 0 Å². The Balaban J connectivity index is 1.89. The molecule has 1 unspecified atom stereocenters. The van der Waals surface area contributed by atoms with E-state index in [-0.39, 0.29) is 5.91 Å². The van der Waals surface area contributed by atoms with Crippen LogP contribution < -0.4 is 0 Å². The zero-order chi connectivity index (χ0) is 15.7. The van der Waals surface area contributed by atoms with Crippen LogP contribution in [0.2, 0.25) is 0 Å². The molecule has 114 valence electrons. The van der Waals surface area contributed by atoms with Crippen molar-refractivity contribution in [2.45, 2.75) is 25.8 Å². The van der Waals surface area contributed by atoms with Gasteiger partial charge in [-0.15, -0.1) is 11.3 Å². The second-order valence-electron chi connectivity index (χ2n) is 5.33. The summed E-state index contributed by atoms with van der Waals surface area (Å²) in [5.41, 5.74) is 2.23. The van der Waals surface area contributed by atoms with Crippen LogP contribution in [0.25, 0.3) is 11.3 Å². The Kier molecular flexibility index (Phi) is 3.94. The van der Waals surface area contributed by atoms with Crippen molar-refractivity contribution in [1.82, 2.24) is 9.88 Å². The number of thiazole rings is 1. The predicted molar refractivity (Wildman–Crippen MR) is 84.0 cm³/mol. The smallest absolute Gasteiger partial charge is 0.326 e. The van der Waals surface area contributed by atoms with Gasteiger partial charge < -0.3 is 10.0 Å². The average molecular weight is 316 g/mol. The summed E-state index contributed by atoms with van der Waals surface area (Å²) in [7, 11) is 0. The number of carbonyl (C=O) groups is 2. The van der Waals surface area contributed by atoms with Crippen LogP contribution in [0.3, 0.4) is 0 Å². The number of aliphatic carboxylic acids is 1. The molecule has 0 aliphatic carbocycles. The van der Waals surface area contributed by atoms with Crippen molar-refractivity contribution in [2.24, 2.45) is 0 Å². The first kappa shape index (κ1) is 14.7. The molecule has 3 rings (SSSR count). The number of hydrogen-bond donors (Lipinski definition) is 1. The van der Waals surface area contributed by atoms with E-state index in [0.717, 1.165) is 22.7 Å². The molecule has 1 aromatic heterocycles. The van der Waals surface area contributed by atoms with Crippen LogP contribution >= 0.6 is 11.3 Å². The minimum absolute atomic E-state index is 0.223. The largest absolute Gasteiger partial charge is 0.480 e. The van der Waals surface area contributed by atoms with Crippen LogP contribution in [0.1, 0.15) is 28.2 Å². The number of carboxylic acids is 1. The van der Waals surface area contributed by atoms with Gasteiger partial charge in [-0.1, -0.05) is 12.1 Å². The number of nitrogens with zero attached hydrogens (tertiary/aromatic N) is 2. The zero-order valence-electron chi connectivity index (χ0n) is 12.2. The third kappa shape index (κ3) is 2.74. The third-order valence-corrected chi connectivity index (χ3v) is 4.60. The molecule has 6 heteroatoms. The second kappa shape index (κ2) is 5.88. The first-order valence-electron chi connectivity index (χ1n) is 7.12. The highest BCUT2D eigenvalue weighted by molar-refractivity contribution is 7.09. The van der Waals surface area contributed by atoms with Gasteiger partial charge in [0.25, 0.3) is 5.91 Å². The fraction of sp³-hybridized carbons (Fsp3) is 0.312. The highest BCUT2D eigenvalue weighted by Gasteiger charge is 2.34. The first-order valence-corrected chi connectivity index (χ1v) is 8.00. The molecule has 1 aromatic carbocycles. The Labute approximate surface area is 132 Å². The van der Waals surface area contributed by atoms with Crippen molar-refractivity contribution in [3.05, 3.63) is 40.2 Å². The van der Waals surface area contributed by atoms with Gasteiger partial charge in [-0.25, -0.2) is 9.78 Å². The Morgan fingerprint density at radius 2 is 2.23 bits per heavy atom. The van der Waals surface area contributed by atoms with E-state index in [1.165, 1.54) is 4.90 Å². The molecule has 0 saturated carbocycles. The van der Waals surface area contributed by atoms with Crippen LogP contribution in [-0.2, 0) is 4.79 Å². The maximum atomic E-state index is 12.6. The molecule has 2 aromatic rings. The molecule has 0 bridgehead atoms. The Hall–Kier alpha value is -2.21. The molecule has 1 fully saturated rings. The quantitative estimate of drug-likeness (QED) is 0.945. The standard InChI is InChI=1S/C16H16N2O3S/c1-10-17-13(9-22-10)11-4-2-5-12(8-11)15(19)18-7-3-6-14(18)16(20)21/h2,4-5,8-9,14H,3,6-7H2,1H3,(H,20,21). The van der Waals surface area contributed by atoms with Crippen molar-refractivity contribution in [1.29, 1.82) is 0 Å². The Morgan fingerprint density at radius 1 is 1.41 bits per heavy atom. The van der Waals surface area contributed by atoms with E-state index in [1.54, 1.807) is 23.5 Å². The van der Waals surface area contributed by atoms with Gasteiger partial charge in [0.15, 0.2) is 0 Å². The predicted octanol–water partition coefficient (Wildman–Crippen LogP) is 2.81. The number of aromatic nitrogens is 1. The summed E-state index contributed by atoms with van der Waals surface area (Å²) in [5.74, 6) is -1.16. The van der Waals surface area contributed by atoms with E-state index in [9.17, 15) is 14.7 Å². The summed E-state index contributed by atoms with van der Waals surface area (Å²) in [6.45, 7) is 2.43. The summed E-state index contributed by atoms with van der Waals surface area (Å²) >= 11 is 1.56. The summed E-state index contributed by atoms with van der Waals surface area (Å²) in [6, 6.07) is 6.52. The number of likely N-dealkylation sites (tertiary alicyclic amines) is 1. The van der Waals surface area contributed by atoms with Gasteiger partial charge in [0.2, 0.25) is 0 Å². The van der Waals surface area contributed by atoms with Crippen molar-refractivity contribution >= 4 is 23.2 Å². The minimum Gasteiger partial charge on any atom is -0.480 e. The number of hydrogen-bond acceptors (Lipinski definition) is 4. The number of amides is 1. The van der Waals surface area contributed by atoms with E-state index < -0.39 is 12.0 Å². The molecular formula is C16H16N2O3S. The van der Waals surface area contributed by atoms with Crippen LogP contribution in [-0.4, -0.2) is 39.5 Å². The van der Waals surface area contributed by atoms with E-state index >= 15 is 0 Å². The number of rotatable bonds is 3. The molecule has 5 nitrogen and oxygen atoms in total. The summed E-state index contributed by atoms with van der Waals surface area (Å²) < 4.78 is 0. The van der Waals surface area contributed by atoms with E-state index in [0.29, 0.717) is 18.5 Å². The molecule has 2 heterocycles. The van der Waals surface area contributed by atoms with Gasteiger partial charge in [0, 0.05) is 23.1 Å². The topological polar surface area (TPSA) is 70.5 Å². The lowest BCUT2D eigenvalue weighted by molar-refractivity contribution is -0.141.